The predicted octanol–water partition coefficient (Wildman–Crippen LogP) is 2.87. The van der Waals surface area contributed by atoms with Crippen molar-refractivity contribution >= 4 is 22.2 Å². The molecule has 4 heterocycles. The molecule has 0 spiro atoms. The molecule has 3 aromatic heterocycles. The second-order valence-electron chi connectivity index (χ2n) is 8.70. The van der Waals surface area contributed by atoms with Gasteiger partial charge in [-0.25, -0.2) is 9.97 Å². The molecule has 1 aliphatic carbocycles. The van der Waals surface area contributed by atoms with Gasteiger partial charge in [-0.05, 0) is 52.1 Å². The number of fused-ring (bicyclic) bond motifs is 1. The fourth-order valence-electron chi connectivity index (χ4n) is 4.82. The van der Waals surface area contributed by atoms with Gasteiger partial charge in [0.15, 0.2) is 0 Å². The molecular weight excluding hydrogens is 424 g/mol. The van der Waals surface area contributed by atoms with Crippen molar-refractivity contribution < 1.29 is 4.52 Å². The van der Waals surface area contributed by atoms with Gasteiger partial charge in [-0.3, -0.25) is 0 Å². The number of nitriles is 1. The quantitative estimate of drug-likeness (QED) is 0.618. The van der Waals surface area contributed by atoms with Crippen molar-refractivity contribution in [3.8, 4) is 17.7 Å². The maximum Gasteiger partial charge on any atom is 0.240 e. The average Bonchev–Trinajstić information content (AvgIpc) is 3.35. The molecule has 2 aliphatic rings. The Morgan fingerprint density at radius 1 is 1.34 bits per heavy atom. The van der Waals surface area contributed by atoms with Gasteiger partial charge in [0.05, 0.1) is 11.0 Å². The van der Waals surface area contributed by atoms with E-state index in [0.29, 0.717) is 34.1 Å². The van der Waals surface area contributed by atoms with Crippen LogP contribution in [0.15, 0.2) is 16.8 Å². The van der Waals surface area contributed by atoms with Crippen LogP contribution >= 0.6 is 11.3 Å². The first-order valence-corrected chi connectivity index (χ1v) is 11.8. The molecule has 0 bridgehead atoms. The van der Waals surface area contributed by atoms with Crippen LogP contribution in [-0.4, -0.2) is 45.8 Å². The molecule has 0 saturated carbocycles. The van der Waals surface area contributed by atoms with Crippen LogP contribution in [-0.2, 0) is 11.8 Å². The van der Waals surface area contributed by atoms with Gasteiger partial charge in [0.25, 0.3) is 0 Å². The lowest BCUT2D eigenvalue weighted by Gasteiger charge is -2.30. The number of hydrogen-bond acceptors (Lipinski definition) is 10. The van der Waals surface area contributed by atoms with Crippen LogP contribution in [0.3, 0.4) is 0 Å². The van der Waals surface area contributed by atoms with E-state index < -0.39 is 5.41 Å². The number of hydrogen-bond donors (Lipinski definition) is 2. The van der Waals surface area contributed by atoms with Crippen molar-refractivity contribution in [1.82, 2.24) is 25.4 Å². The molecule has 5 rings (SSSR count). The number of anilines is 2. The van der Waals surface area contributed by atoms with Crippen LogP contribution < -0.4 is 16.0 Å². The minimum absolute atomic E-state index is 0.328. The number of nitrogen functional groups attached to an aromatic ring is 1. The highest BCUT2D eigenvalue weighted by Crippen LogP contribution is 2.48. The van der Waals surface area contributed by atoms with E-state index in [9.17, 15) is 5.26 Å². The number of nitrogens with zero attached hydrogens (tertiary/aromatic N) is 6. The number of nitrogens with two attached hydrogens (primary N) is 1. The van der Waals surface area contributed by atoms with Gasteiger partial charge in [-0.15, -0.1) is 11.3 Å². The molecule has 0 aromatic carbocycles. The fraction of sp³-hybridized carbons (Fsp3) is 0.500. The molecule has 9 nitrogen and oxygen atoms in total. The Bertz CT molecular complexity index is 1180. The fourth-order valence-corrected chi connectivity index (χ4v) is 6.01. The van der Waals surface area contributed by atoms with Crippen LogP contribution in [0.1, 0.15) is 55.0 Å². The summed E-state index contributed by atoms with van der Waals surface area (Å²) < 4.78 is 5.74. The van der Waals surface area contributed by atoms with Crippen molar-refractivity contribution in [3.05, 3.63) is 34.2 Å². The van der Waals surface area contributed by atoms with Gasteiger partial charge in [0.2, 0.25) is 17.5 Å². The van der Waals surface area contributed by atoms with Gasteiger partial charge >= 0.3 is 0 Å². The highest BCUT2D eigenvalue weighted by Gasteiger charge is 2.43. The van der Waals surface area contributed by atoms with Crippen LogP contribution in [0.25, 0.3) is 11.6 Å². The van der Waals surface area contributed by atoms with Crippen molar-refractivity contribution in [1.29, 1.82) is 5.26 Å². The second kappa shape index (κ2) is 8.15. The standard InChI is InChI=1S/C22H26N8OS/c1-13-12-25-8-4-10-30(13)16-6-9-26-19(27-16)20-28-21(31-29-20)22(2)7-3-5-15-17(22)14(11-23)18(24)32-15/h6,9,13,25H,3-5,7-8,10,12,24H2,1-2H3/t13-,22-/m0/s1. The first-order valence-electron chi connectivity index (χ1n) is 11.0. The zero-order chi connectivity index (χ0) is 22.3. The van der Waals surface area contributed by atoms with E-state index in [2.05, 4.69) is 40.3 Å². The lowest BCUT2D eigenvalue weighted by Crippen LogP contribution is -2.38. The maximum absolute atomic E-state index is 9.70. The average molecular weight is 451 g/mol. The summed E-state index contributed by atoms with van der Waals surface area (Å²) in [5.74, 6) is 2.13. The zero-order valence-corrected chi connectivity index (χ0v) is 19.1. The first-order chi connectivity index (χ1) is 15.5. The topological polar surface area (TPSA) is 130 Å². The lowest BCUT2D eigenvalue weighted by molar-refractivity contribution is 0.300. The Labute approximate surface area is 190 Å². The number of aryl methyl sites for hydroxylation is 1. The summed E-state index contributed by atoms with van der Waals surface area (Å²) in [5, 5.41) is 17.9. The molecule has 1 fully saturated rings. The van der Waals surface area contributed by atoms with Gasteiger partial charge < -0.3 is 20.5 Å². The van der Waals surface area contributed by atoms with E-state index in [4.69, 9.17) is 20.2 Å². The van der Waals surface area contributed by atoms with Gasteiger partial charge in [0, 0.05) is 35.8 Å². The maximum atomic E-state index is 9.70. The molecule has 166 valence electrons. The minimum Gasteiger partial charge on any atom is -0.389 e. The Kier molecular flexibility index (Phi) is 5.31. The smallest absolute Gasteiger partial charge is 0.240 e. The van der Waals surface area contributed by atoms with Gasteiger partial charge in [0.1, 0.15) is 16.9 Å². The number of nitrogens with one attached hydrogen (secondary N) is 1. The summed E-state index contributed by atoms with van der Waals surface area (Å²) in [6, 6.07) is 4.53. The third-order valence-electron chi connectivity index (χ3n) is 6.51. The monoisotopic (exact) mass is 450 g/mol. The highest BCUT2D eigenvalue weighted by molar-refractivity contribution is 7.16. The molecule has 10 heteroatoms. The summed E-state index contributed by atoms with van der Waals surface area (Å²) >= 11 is 1.49. The largest absolute Gasteiger partial charge is 0.389 e. The molecular formula is C22H26N8OS. The molecule has 0 radical (unpaired) electrons. The Morgan fingerprint density at radius 2 is 2.22 bits per heavy atom. The Morgan fingerprint density at radius 3 is 3.06 bits per heavy atom. The summed E-state index contributed by atoms with van der Waals surface area (Å²) in [6.07, 6.45) is 5.50. The number of rotatable bonds is 3. The number of thiophene rings is 1. The van der Waals surface area contributed by atoms with Crippen LogP contribution in [0.2, 0.25) is 0 Å². The van der Waals surface area contributed by atoms with Crippen molar-refractivity contribution in [3.63, 3.8) is 0 Å². The van der Waals surface area contributed by atoms with Crippen molar-refractivity contribution in [2.45, 2.75) is 51.0 Å². The van der Waals surface area contributed by atoms with Crippen LogP contribution in [0.4, 0.5) is 10.8 Å². The second-order valence-corrected chi connectivity index (χ2v) is 9.84. The molecule has 3 aromatic rings. The first kappa shape index (κ1) is 20.8. The SMILES string of the molecule is C[C@H]1CNCCCN1c1ccnc(-c2noc([C@@]3(C)CCCc4sc(N)c(C#N)c43)n2)n1. The number of aromatic nitrogens is 4. The van der Waals surface area contributed by atoms with E-state index in [1.165, 1.54) is 11.3 Å². The van der Waals surface area contributed by atoms with E-state index in [0.717, 1.165) is 61.6 Å². The van der Waals surface area contributed by atoms with Crippen molar-refractivity contribution in [2.75, 3.05) is 30.3 Å². The van der Waals surface area contributed by atoms with Crippen LogP contribution in [0.5, 0.6) is 0 Å². The summed E-state index contributed by atoms with van der Waals surface area (Å²) in [4.78, 5) is 17.3. The van der Waals surface area contributed by atoms with Crippen LogP contribution in [0, 0.1) is 11.3 Å². The van der Waals surface area contributed by atoms with E-state index >= 15 is 0 Å². The third-order valence-corrected chi connectivity index (χ3v) is 7.59. The van der Waals surface area contributed by atoms with E-state index in [1.54, 1.807) is 6.20 Å². The highest BCUT2D eigenvalue weighted by atomic mass is 32.1. The summed E-state index contributed by atoms with van der Waals surface area (Å²) in [7, 11) is 0. The predicted molar refractivity (Wildman–Crippen MR) is 122 cm³/mol. The Balaban J connectivity index is 1.50. The molecule has 0 unspecified atom stereocenters. The third kappa shape index (κ3) is 3.42. The molecule has 0 amide bonds. The van der Waals surface area contributed by atoms with E-state index in [-0.39, 0.29) is 0 Å². The summed E-state index contributed by atoms with van der Waals surface area (Å²) in [5.41, 5.74) is 7.05. The Hall–Kier alpha value is -3.03. The van der Waals surface area contributed by atoms with Gasteiger partial charge in [-0.1, -0.05) is 5.16 Å². The molecule has 32 heavy (non-hydrogen) atoms. The lowest BCUT2D eigenvalue weighted by atomic mass is 9.72. The summed E-state index contributed by atoms with van der Waals surface area (Å²) in [6.45, 7) is 7.09. The zero-order valence-electron chi connectivity index (χ0n) is 18.3. The molecule has 2 atom stereocenters. The molecule has 1 saturated heterocycles. The molecule has 3 N–H and O–H groups in total. The van der Waals surface area contributed by atoms with Gasteiger partial charge in [-0.2, -0.15) is 10.2 Å². The van der Waals surface area contributed by atoms with Crippen molar-refractivity contribution in [2.24, 2.45) is 0 Å². The molecule has 1 aliphatic heterocycles. The minimum atomic E-state index is -0.555. The van der Waals surface area contributed by atoms with E-state index in [1.807, 2.05) is 6.07 Å². The normalized spacial score (nSPS) is 23.4.